The van der Waals surface area contributed by atoms with Crippen molar-refractivity contribution in [2.45, 2.75) is 91.8 Å². The molecule has 6 rings (SSSR count). The standard InChI is InChI=1S/C20H21FO4.C18H19FO2.C4H7BrO2.CH4/c1-20(2)11-15-10-16(21)9-14(19(15)25-20)6-3-13-4-7-17(8-5-13)24-12-18(22)23;1-18(2)11-14-10-15(19)9-13(17(14)21-18)6-3-12-4-7-16(20)8-5-12;1-2-7-4(6)3-5;/h4-5,7-10H,3,6,11-12H2,1-2H3,(H,22,23);4-5,7-10,20H,3,6,11H2,1-2H3;2-3H2,1H3;1H4. The predicted octanol–water partition coefficient (Wildman–Crippen LogP) is 9.40. The number of carboxylic acids is 1. The third kappa shape index (κ3) is 13.3. The first-order valence-electron chi connectivity index (χ1n) is 17.5. The monoisotopic (exact) mass is 812 g/mol. The highest BCUT2D eigenvalue weighted by atomic mass is 79.9. The van der Waals surface area contributed by atoms with Gasteiger partial charge in [0.1, 0.15) is 51.2 Å². The van der Waals surface area contributed by atoms with E-state index in [4.69, 9.17) is 19.3 Å². The summed E-state index contributed by atoms with van der Waals surface area (Å²) in [6.45, 7) is 9.94. The number of carboxylic acid groups (broad SMARTS) is 1. The number of benzene rings is 4. The van der Waals surface area contributed by atoms with Crippen molar-refractivity contribution in [1.82, 2.24) is 0 Å². The van der Waals surface area contributed by atoms with Gasteiger partial charge in [-0.05, 0) is 131 Å². The van der Waals surface area contributed by atoms with E-state index < -0.39 is 5.97 Å². The molecule has 11 heteroatoms. The van der Waals surface area contributed by atoms with Crippen molar-refractivity contribution >= 4 is 27.9 Å². The van der Waals surface area contributed by atoms with Crippen LogP contribution in [0.1, 0.15) is 75.4 Å². The van der Waals surface area contributed by atoms with Crippen LogP contribution in [0.5, 0.6) is 23.0 Å². The zero-order chi connectivity index (χ0) is 38.8. The molecule has 0 saturated carbocycles. The number of phenols is 1. The number of fused-ring (bicyclic) bond motifs is 2. The number of aliphatic carboxylic acids is 1. The number of aryl methyl sites for hydroxylation is 4. The number of aromatic hydroxyl groups is 1. The third-order valence-corrected chi connectivity index (χ3v) is 8.86. The van der Waals surface area contributed by atoms with E-state index in [0.29, 0.717) is 30.5 Å². The van der Waals surface area contributed by atoms with E-state index in [0.717, 1.165) is 70.6 Å². The van der Waals surface area contributed by atoms with E-state index in [2.05, 4.69) is 20.7 Å². The predicted molar refractivity (Wildman–Crippen MR) is 209 cm³/mol. The van der Waals surface area contributed by atoms with Crippen LogP contribution in [0.4, 0.5) is 8.78 Å². The molecule has 4 aromatic carbocycles. The van der Waals surface area contributed by atoms with Crippen molar-refractivity contribution in [3.8, 4) is 23.0 Å². The molecule has 4 aromatic rings. The van der Waals surface area contributed by atoms with Gasteiger partial charge in [-0.3, -0.25) is 4.79 Å². The maximum Gasteiger partial charge on any atom is 0.341 e. The van der Waals surface area contributed by atoms with Crippen LogP contribution >= 0.6 is 15.9 Å². The minimum absolute atomic E-state index is 0. The number of alkyl halides is 1. The average Bonchev–Trinajstić information content (AvgIpc) is 3.59. The normalized spacial score (nSPS) is 13.9. The molecule has 0 amide bonds. The Balaban J connectivity index is 0.000000246. The van der Waals surface area contributed by atoms with Crippen LogP contribution in [0.3, 0.4) is 0 Å². The van der Waals surface area contributed by atoms with Crippen LogP contribution in [0.25, 0.3) is 0 Å². The van der Waals surface area contributed by atoms with Gasteiger partial charge in [-0.25, -0.2) is 13.6 Å². The van der Waals surface area contributed by atoms with Gasteiger partial charge in [-0.15, -0.1) is 0 Å². The number of hydrogen-bond acceptors (Lipinski definition) is 7. The number of phenolic OH excluding ortho intramolecular Hbond substituents is 1. The molecule has 2 aliphatic heterocycles. The van der Waals surface area contributed by atoms with E-state index in [1.807, 2.05) is 52.0 Å². The lowest BCUT2D eigenvalue weighted by atomic mass is 9.98. The quantitative estimate of drug-likeness (QED) is 0.114. The van der Waals surface area contributed by atoms with Crippen LogP contribution in [0.15, 0.2) is 72.8 Å². The topological polar surface area (TPSA) is 112 Å². The van der Waals surface area contributed by atoms with Crippen LogP contribution < -0.4 is 14.2 Å². The Labute approximate surface area is 325 Å². The molecular formula is C43H51BrF2O8. The van der Waals surface area contributed by atoms with Gasteiger partial charge >= 0.3 is 11.9 Å². The van der Waals surface area contributed by atoms with E-state index in [-0.39, 0.29) is 48.6 Å². The number of rotatable bonds is 11. The van der Waals surface area contributed by atoms with Crippen molar-refractivity contribution < 1.29 is 47.5 Å². The molecule has 0 atom stereocenters. The Kier molecular flexibility index (Phi) is 15.9. The highest BCUT2D eigenvalue weighted by Crippen LogP contribution is 2.40. The second-order valence-electron chi connectivity index (χ2n) is 14.1. The van der Waals surface area contributed by atoms with E-state index in [1.54, 1.807) is 55.5 Å². The lowest BCUT2D eigenvalue weighted by Gasteiger charge is -2.18. The molecule has 2 aliphatic rings. The first-order valence-corrected chi connectivity index (χ1v) is 18.6. The molecule has 0 aromatic heterocycles. The minimum atomic E-state index is -1.01. The van der Waals surface area contributed by atoms with Crippen LogP contribution in [0, 0.1) is 11.6 Å². The summed E-state index contributed by atoms with van der Waals surface area (Å²) in [5, 5.41) is 18.2. The zero-order valence-corrected chi connectivity index (χ0v) is 32.4. The summed E-state index contributed by atoms with van der Waals surface area (Å²) in [7, 11) is 0. The molecule has 0 unspecified atom stereocenters. The number of ether oxygens (including phenoxy) is 4. The number of hydrogen-bond donors (Lipinski definition) is 2. The Morgan fingerprint density at radius 1 is 0.759 bits per heavy atom. The largest absolute Gasteiger partial charge is 0.508 e. The third-order valence-electron chi connectivity index (χ3n) is 8.41. The molecule has 2 N–H and O–H groups in total. The summed E-state index contributed by atoms with van der Waals surface area (Å²) in [4.78, 5) is 20.6. The van der Waals surface area contributed by atoms with Crippen molar-refractivity contribution in [1.29, 1.82) is 0 Å². The molecule has 0 fully saturated rings. The molecular weight excluding hydrogens is 762 g/mol. The van der Waals surface area contributed by atoms with E-state index in [9.17, 15) is 23.5 Å². The summed E-state index contributed by atoms with van der Waals surface area (Å²) in [6, 6.07) is 20.6. The molecule has 0 saturated heterocycles. The molecule has 292 valence electrons. The second kappa shape index (κ2) is 19.6. The van der Waals surface area contributed by atoms with Gasteiger partial charge in [-0.1, -0.05) is 47.6 Å². The molecule has 2 heterocycles. The molecule has 0 bridgehead atoms. The van der Waals surface area contributed by atoms with Crippen LogP contribution in [-0.2, 0) is 52.9 Å². The van der Waals surface area contributed by atoms with Crippen LogP contribution in [0.2, 0.25) is 0 Å². The van der Waals surface area contributed by atoms with E-state index in [1.165, 1.54) is 0 Å². The van der Waals surface area contributed by atoms with Gasteiger partial charge in [0.2, 0.25) is 0 Å². The van der Waals surface area contributed by atoms with Crippen molar-refractivity contribution in [2.24, 2.45) is 0 Å². The maximum atomic E-state index is 13.9. The fourth-order valence-electron chi connectivity index (χ4n) is 6.18. The van der Waals surface area contributed by atoms with Gasteiger partial charge < -0.3 is 29.2 Å². The molecule has 54 heavy (non-hydrogen) atoms. The van der Waals surface area contributed by atoms with Crippen molar-refractivity contribution in [2.75, 3.05) is 18.5 Å². The van der Waals surface area contributed by atoms with Crippen molar-refractivity contribution in [3.05, 3.63) is 118 Å². The first-order chi connectivity index (χ1) is 25.1. The smallest absolute Gasteiger partial charge is 0.341 e. The average molecular weight is 814 g/mol. The lowest BCUT2D eigenvalue weighted by Crippen LogP contribution is -2.24. The summed E-state index contributed by atoms with van der Waals surface area (Å²) in [5.41, 5.74) is 5.31. The van der Waals surface area contributed by atoms with Crippen LogP contribution in [-0.4, -0.2) is 51.9 Å². The Hall–Kier alpha value is -4.64. The summed E-state index contributed by atoms with van der Waals surface area (Å²) in [5.74, 6) is 0.795. The Morgan fingerprint density at radius 2 is 1.20 bits per heavy atom. The Morgan fingerprint density at radius 3 is 1.59 bits per heavy atom. The van der Waals surface area contributed by atoms with Gasteiger partial charge in [0, 0.05) is 24.0 Å². The zero-order valence-electron chi connectivity index (χ0n) is 30.8. The SMILES string of the molecule is C.CC1(C)Cc2cc(F)cc(CCc3ccc(O)cc3)c2O1.CC1(C)Cc2cc(F)cc(CCc3ccc(OCC(=O)O)cc3)c2O1.CCOC(=O)CBr. The molecule has 0 aliphatic carbocycles. The number of carbonyl (C=O) groups excluding carboxylic acids is 1. The minimum Gasteiger partial charge on any atom is -0.508 e. The summed E-state index contributed by atoms with van der Waals surface area (Å²) >= 11 is 2.94. The van der Waals surface area contributed by atoms with Crippen molar-refractivity contribution in [3.63, 3.8) is 0 Å². The molecule has 8 nitrogen and oxygen atoms in total. The molecule has 0 spiro atoms. The highest BCUT2D eigenvalue weighted by molar-refractivity contribution is 9.09. The highest BCUT2D eigenvalue weighted by Gasteiger charge is 2.33. The number of carbonyl (C=O) groups is 2. The fourth-order valence-corrected chi connectivity index (χ4v) is 6.34. The second-order valence-corrected chi connectivity index (χ2v) is 14.7. The molecule has 0 radical (unpaired) electrons. The lowest BCUT2D eigenvalue weighted by molar-refractivity contribution is -0.140. The van der Waals surface area contributed by atoms with Gasteiger partial charge in [0.25, 0.3) is 0 Å². The van der Waals surface area contributed by atoms with E-state index >= 15 is 0 Å². The fraction of sp³-hybridized carbons (Fsp3) is 0.395. The number of esters is 1. The van der Waals surface area contributed by atoms with Gasteiger partial charge in [0.15, 0.2) is 6.61 Å². The summed E-state index contributed by atoms with van der Waals surface area (Å²) < 4.78 is 49.2. The first kappa shape index (κ1) is 43.8. The number of halogens is 3. The Bertz CT molecular complexity index is 1860. The summed E-state index contributed by atoms with van der Waals surface area (Å²) in [6.07, 6.45) is 4.38. The maximum absolute atomic E-state index is 13.9. The van der Waals surface area contributed by atoms with Gasteiger partial charge in [-0.2, -0.15) is 0 Å². The van der Waals surface area contributed by atoms with Gasteiger partial charge in [0.05, 0.1) is 6.61 Å².